The van der Waals surface area contributed by atoms with Gasteiger partial charge >= 0.3 is 12.1 Å². The van der Waals surface area contributed by atoms with E-state index in [2.05, 4.69) is 15.9 Å². The molecule has 1 aromatic rings. The third-order valence-electron chi connectivity index (χ3n) is 3.89. The highest BCUT2D eigenvalue weighted by Crippen LogP contribution is 2.45. The number of hydrogen-bond donors (Lipinski definition) is 1. The Hall–Kier alpha value is -2.61. The Morgan fingerprint density at radius 3 is 2.50 bits per heavy atom. The standard InChI is InChI=1S/C17H12BrF5N2O3/c1-3-27-16(26)10-6(2)28-15(25)7(5-24)11(10)12-13(19)8(17(21,22)23)4-9(18)14(12)20/h4,11H,3,25H2,1-2H3. The molecule has 1 atom stereocenters. The average Bonchev–Trinajstić information content (AvgIpc) is 2.57. The first-order chi connectivity index (χ1) is 12.9. The van der Waals surface area contributed by atoms with E-state index in [0.717, 1.165) is 0 Å². The number of alkyl halides is 3. The molecule has 1 aliphatic heterocycles. The van der Waals surface area contributed by atoms with Gasteiger partial charge in [0.1, 0.15) is 29.0 Å². The van der Waals surface area contributed by atoms with Gasteiger partial charge in [-0.25, -0.2) is 13.6 Å². The van der Waals surface area contributed by atoms with Gasteiger partial charge in [0.05, 0.1) is 28.1 Å². The summed E-state index contributed by atoms with van der Waals surface area (Å²) >= 11 is 2.61. The number of nitrogens with zero attached hydrogens (tertiary/aromatic N) is 1. The molecule has 0 saturated carbocycles. The van der Waals surface area contributed by atoms with Gasteiger partial charge in [-0.3, -0.25) is 0 Å². The zero-order valence-corrected chi connectivity index (χ0v) is 16.0. The fraction of sp³-hybridized carbons (Fsp3) is 0.294. The van der Waals surface area contributed by atoms with Crippen molar-refractivity contribution >= 4 is 21.9 Å². The Balaban J connectivity index is 2.91. The maximum atomic E-state index is 14.8. The fourth-order valence-corrected chi connectivity index (χ4v) is 3.17. The molecule has 1 aliphatic rings. The molecule has 0 bridgehead atoms. The number of carbonyl (C=O) groups is 1. The van der Waals surface area contributed by atoms with Crippen LogP contribution in [0, 0.1) is 23.0 Å². The molecule has 0 amide bonds. The summed E-state index contributed by atoms with van der Waals surface area (Å²) in [6.45, 7) is 2.52. The second-order valence-electron chi connectivity index (χ2n) is 5.56. The summed E-state index contributed by atoms with van der Waals surface area (Å²) in [6, 6.07) is 1.77. The highest BCUT2D eigenvalue weighted by Gasteiger charge is 2.44. The van der Waals surface area contributed by atoms with Gasteiger partial charge in [-0.1, -0.05) is 0 Å². The van der Waals surface area contributed by atoms with E-state index in [1.165, 1.54) is 19.9 Å². The fourth-order valence-electron chi connectivity index (χ4n) is 2.73. The van der Waals surface area contributed by atoms with E-state index in [-0.39, 0.29) is 18.4 Å². The monoisotopic (exact) mass is 466 g/mol. The van der Waals surface area contributed by atoms with Crippen LogP contribution in [0.2, 0.25) is 0 Å². The zero-order chi connectivity index (χ0) is 21.4. The van der Waals surface area contributed by atoms with Crippen molar-refractivity contribution in [2.24, 2.45) is 5.73 Å². The molecule has 11 heteroatoms. The van der Waals surface area contributed by atoms with Crippen LogP contribution < -0.4 is 5.73 Å². The number of rotatable bonds is 3. The second kappa shape index (κ2) is 7.79. The molecule has 2 N–H and O–H groups in total. The summed E-state index contributed by atoms with van der Waals surface area (Å²) in [7, 11) is 0. The topological polar surface area (TPSA) is 85.3 Å². The first-order valence-corrected chi connectivity index (χ1v) is 8.44. The highest BCUT2D eigenvalue weighted by atomic mass is 79.9. The SMILES string of the molecule is CCOC(=O)C1=C(C)OC(N)=C(C#N)C1c1c(F)c(Br)cc(C(F)(F)F)c1F. The molecule has 0 radical (unpaired) electrons. The van der Waals surface area contributed by atoms with Crippen molar-refractivity contribution < 1.29 is 36.2 Å². The van der Waals surface area contributed by atoms with Crippen LogP contribution in [0.15, 0.2) is 33.3 Å². The Morgan fingerprint density at radius 2 is 2.00 bits per heavy atom. The number of allylic oxidation sites excluding steroid dienone is 2. The minimum Gasteiger partial charge on any atom is -0.463 e. The minimum atomic E-state index is -5.16. The molecule has 1 unspecified atom stereocenters. The largest absolute Gasteiger partial charge is 0.463 e. The van der Waals surface area contributed by atoms with Crippen molar-refractivity contribution in [3.63, 3.8) is 0 Å². The molecule has 5 nitrogen and oxygen atoms in total. The van der Waals surface area contributed by atoms with E-state index in [0.29, 0.717) is 0 Å². The lowest BCUT2D eigenvalue weighted by Gasteiger charge is -2.28. The first kappa shape index (κ1) is 21.7. The predicted octanol–water partition coefficient (Wildman–Crippen LogP) is 4.39. The number of nitrogens with two attached hydrogens (primary N) is 1. The molecule has 0 saturated heterocycles. The van der Waals surface area contributed by atoms with Crippen molar-refractivity contribution in [2.75, 3.05) is 6.61 Å². The van der Waals surface area contributed by atoms with E-state index in [9.17, 15) is 32.0 Å². The van der Waals surface area contributed by atoms with Gasteiger partial charge in [-0.2, -0.15) is 18.4 Å². The molecule has 0 aromatic heterocycles. The van der Waals surface area contributed by atoms with Crippen LogP contribution in [-0.4, -0.2) is 12.6 Å². The summed E-state index contributed by atoms with van der Waals surface area (Å²) in [6.07, 6.45) is -5.16. The number of carbonyl (C=O) groups excluding carboxylic acids is 1. The number of halogens is 6. The molecular weight excluding hydrogens is 455 g/mol. The third kappa shape index (κ3) is 3.69. The van der Waals surface area contributed by atoms with Crippen molar-refractivity contribution in [1.29, 1.82) is 5.26 Å². The molecule has 1 heterocycles. The Kier molecular flexibility index (Phi) is 6.03. The van der Waals surface area contributed by atoms with Crippen LogP contribution >= 0.6 is 15.9 Å². The lowest BCUT2D eigenvalue weighted by Crippen LogP contribution is -2.27. The molecule has 0 aliphatic carbocycles. The van der Waals surface area contributed by atoms with Crippen molar-refractivity contribution in [3.05, 3.63) is 56.1 Å². The van der Waals surface area contributed by atoms with E-state index in [4.69, 9.17) is 15.2 Å². The maximum Gasteiger partial charge on any atom is 0.419 e. The second-order valence-corrected chi connectivity index (χ2v) is 6.41. The smallest absolute Gasteiger partial charge is 0.419 e. The number of benzene rings is 1. The van der Waals surface area contributed by atoms with Crippen molar-refractivity contribution in [3.8, 4) is 6.07 Å². The summed E-state index contributed by atoms with van der Waals surface area (Å²) in [5, 5.41) is 9.37. The Bertz CT molecular complexity index is 948. The van der Waals surface area contributed by atoms with Gasteiger partial charge in [0.15, 0.2) is 0 Å². The number of esters is 1. The molecule has 150 valence electrons. The van der Waals surface area contributed by atoms with Crippen LogP contribution in [0.3, 0.4) is 0 Å². The number of ether oxygens (including phenoxy) is 2. The van der Waals surface area contributed by atoms with Gasteiger partial charge in [0.25, 0.3) is 0 Å². The summed E-state index contributed by atoms with van der Waals surface area (Å²) in [5.74, 6) is -7.26. The number of nitriles is 1. The van der Waals surface area contributed by atoms with E-state index < -0.39 is 62.3 Å². The van der Waals surface area contributed by atoms with Crippen LogP contribution in [-0.2, 0) is 20.4 Å². The van der Waals surface area contributed by atoms with Crippen LogP contribution in [0.25, 0.3) is 0 Å². The van der Waals surface area contributed by atoms with Gasteiger partial charge in [-0.15, -0.1) is 0 Å². The molecule has 0 fully saturated rings. The summed E-state index contributed by atoms with van der Waals surface area (Å²) in [4.78, 5) is 12.3. The quantitative estimate of drug-likeness (QED) is 0.405. The van der Waals surface area contributed by atoms with E-state index in [1.54, 1.807) is 0 Å². The molecular formula is C17H12BrF5N2O3. The van der Waals surface area contributed by atoms with Gasteiger partial charge in [0.2, 0.25) is 5.88 Å². The van der Waals surface area contributed by atoms with Gasteiger partial charge in [0, 0.05) is 5.56 Å². The van der Waals surface area contributed by atoms with E-state index >= 15 is 0 Å². The Morgan fingerprint density at radius 1 is 1.39 bits per heavy atom. The third-order valence-corrected chi connectivity index (χ3v) is 4.46. The van der Waals surface area contributed by atoms with E-state index in [1.807, 2.05) is 0 Å². The lowest BCUT2D eigenvalue weighted by atomic mass is 9.81. The van der Waals surface area contributed by atoms with Crippen LogP contribution in [0.4, 0.5) is 22.0 Å². The average molecular weight is 467 g/mol. The number of hydrogen-bond acceptors (Lipinski definition) is 5. The first-order valence-electron chi connectivity index (χ1n) is 7.65. The van der Waals surface area contributed by atoms with Crippen LogP contribution in [0.1, 0.15) is 30.9 Å². The van der Waals surface area contributed by atoms with Crippen LogP contribution in [0.5, 0.6) is 0 Å². The van der Waals surface area contributed by atoms with Crippen molar-refractivity contribution in [1.82, 2.24) is 0 Å². The molecule has 0 spiro atoms. The molecule has 1 aromatic carbocycles. The summed E-state index contributed by atoms with van der Waals surface area (Å²) < 4.78 is 78.3. The predicted molar refractivity (Wildman–Crippen MR) is 89.0 cm³/mol. The molecule has 2 rings (SSSR count). The van der Waals surface area contributed by atoms with Crippen molar-refractivity contribution in [2.45, 2.75) is 25.9 Å². The summed E-state index contributed by atoms with van der Waals surface area (Å²) in [5.41, 5.74) is 1.46. The highest BCUT2D eigenvalue weighted by molar-refractivity contribution is 9.10. The lowest BCUT2D eigenvalue weighted by molar-refractivity contribution is -0.140. The van der Waals surface area contributed by atoms with Gasteiger partial charge in [-0.05, 0) is 35.8 Å². The van der Waals surface area contributed by atoms with Gasteiger partial charge < -0.3 is 15.2 Å². The Labute approximate surface area is 164 Å². The normalized spacial score (nSPS) is 17.3. The molecule has 28 heavy (non-hydrogen) atoms. The maximum absolute atomic E-state index is 14.8. The zero-order valence-electron chi connectivity index (χ0n) is 14.4. The minimum absolute atomic E-state index is 0.138.